The van der Waals surface area contributed by atoms with Crippen molar-refractivity contribution in [2.24, 2.45) is 4.52 Å². The maximum atomic E-state index is 11.9. The van der Waals surface area contributed by atoms with Crippen LogP contribution < -0.4 is 0 Å². The normalized spacial score (nSPS) is 11.0. The Morgan fingerprint density at radius 2 is 2.05 bits per heavy atom. The quantitative estimate of drug-likeness (QED) is 0.250. The van der Waals surface area contributed by atoms with Crippen molar-refractivity contribution >= 4 is 16.0 Å². The average molecular weight is 312 g/mol. The van der Waals surface area contributed by atoms with Crippen molar-refractivity contribution in [1.29, 1.82) is 0 Å². The Kier molecular flexibility index (Phi) is 6.16. The second-order valence-corrected chi connectivity index (χ2v) is 5.99. The van der Waals surface area contributed by atoms with Crippen molar-refractivity contribution in [2.45, 2.75) is 11.3 Å². The summed E-state index contributed by atoms with van der Waals surface area (Å²) >= 11 is 0. The van der Waals surface area contributed by atoms with Crippen LogP contribution in [0.2, 0.25) is 0 Å². The third-order valence-electron chi connectivity index (χ3n) is 2.51. The number of nitrogens with zero attached hydrogens (tertiary/aromatic N) is 4. The van der Waals surface area contributed by atoms with E-state index in [1.54, 1.807) is 0 Å². The average Bonchev–Trinajstić information content (AvgIpc) is 2.43. The minimum atomic E-state index is -4.23. The molecule has 1 aromatic rings. The molecule has 21 heavy (non-hydrogen) atoms. The van der Waals surface area contributed by atoms with Crippen LogP contribution >= 0.6 is 0 Å². The van der Waals surface area contributed by atoms with E-state index in [0.717, 1.165) is 6.54 Å². The number of rotatable bonds is 7. The van der Waals surface area contributed by atoms with Gasteiger partial charge >= 0.3 is 5.97 Å². The van der Waals surface area contributed by atoms with Gasteiger partial charge in [-0.3, -0.25) is 0 Å². The first-order valence-corrected chi connectivity index (χ1v) is 7.55. The molecular weight excluding hydrogens is 296 g/mol. The molecule has 0 fully saturated rings. The van der Waals surface area contributed by atoms with E-state index in [2.05, 4.69) is 9.43 Å². The largest absolute Gasteiger partial charge is 0.462 e. The highest BCUT2D eigenvalue weighted by molar-refractivity contribution is 7.90. The number of hydrogen-bond donors (Lipinski definition) is 0. The number of carbonyl (C=O) groups is 1. The number of ether oxygens (including phenoxy) is 1. The van der Waals surface area contributed by atoms with E-state index in [4.69, 9.17) is 10.3 Å². The van der Waals surface area contributed by atoms with Crippen molar-refractivity contribution in [3.63, 3.8) is 0 Å². The van der Waals surface area contributed by atoms with E-state index >= 15 is 0 Å². The molecule has 0 unspecified atom stereocenters. The fourth-order valence-corrected chi connectivity index (χ4v) is 2.44. The lowest BCUT2D eigenvalue weighted by molar-refractivity contribution is 0.0488. The molecule has 0 saturated heterocycles. The predicted molar refractivity (Wildman–Crippen MR) is 76.2 cm³/mol. The smallest absolute Gasteiger partial charge is 0.339 e. The van der Waals surface area contributed by atoms with Gasteiger partial charge < -0.3 is 9.64 Å². The van der Waals surface area contributed by atoms with E-state index in [9.17, 15) is 13.2 Å². The molecule has 0 bridgehead atoms. The van der Waals surface area contributed by atoms with Crippen LogP contribution in [0.5, 0.6) is 0 Å². The maximum Gasteiger partial charge on any atom is 0.339 e. The minimum Gasteiger partial charge on any atom is -0.462 e. The van der Waals surface area contributed by atoms with E-state index in [1.165, 1.54) is 24.3 Å². The summed E-state index contributed by atoms with van der Waals surface area (Å²) in [6.07, 6.45) is 0.629. The van der Waals surface area contributed by atoms with Gasteiger partial charge in [0.2, 0.25) is 0 Å². The SMILES string of the molecule is CN(C)CCCOC(=O)c1ccccc1S(=O)(=O)N=[N+]=[N-]. The molecule has 8 nitrogen and oxygen atoms in total. The Morgan fingerprint density at radius 1 is 1.38 bits per heavy atom. The fourth-order valence-electron chi connectivity index (χ4n) is 1.58. The first-order valence-electron chi connectivity index (χ1n) is 6.10. The molecule has 0 aliphatic rings. The van der Waals surface area contributed by atoms with Crippen LogP contribution in [-0.4, -0.2) is 46.5 Å². The topological polar surface area (TPSA) is 112 Å². The van der Waals surface area contributed by atoms with Crippen LogP contribution in [0.4, 0.5) is 0 Å². The van der Waals surface area contributed by atoms with Crippen molar-refractivity contribution in [3.05, 3.63) is 40.3 Å². The van der Waals surface area contributed by atoms with Crippen molar-refractivity contribution in [2.75, 3.05) is 27.2 Å². The second kappa shape index (κ2) is 7.63. The lowest BCUT2D eigenvalue weighted by Crippen LogP contribution is -2.17. The molecule has 0 spiro atoms. The molecular formula is C12H16N4O4S. The Balaban J connectivity index is 2.89. The van der Waals surface area contributed by atoms with Crippen LogP contribution in [0, 0.1) is 0 Å². The zero-order chi connectivity index (χ0) is 15.9. The summed E-state index contributed by atoms with van der Waals surface area (Å²) in [5.74, 6) is -0.763. The van der Waals surface area contributed by atoms with Crippen LogP contribution in [0.15, 0.2) is 33.7 Å². The van der Waals surface area contributed by atoms with E-state index < -0.39 is 16.0 Å². The van der Waals surface area contributed by atoms with Crippen LogP contribution in [0.3, 0.4) is 0 Å². The lowest BCUT2D eigenvalue weighted by Gasteiger charge is -2.10. The number of azide groups is 1. The van der Waals surface area contributed by atoms with Gasteiger partial charge in [-0.1, -0.05) is 12.1 Å². The molecule has 0 aliphatic heterocycles. The minimum absolute atomic E-state index is 0.144. The van der Waals surface area contributed by atoms with Gasteiger partial charge in [-0.25, -0.2) is 13.2 Å². The molecule has 0 aromatic heterocycles. The predicted octanol–water partition coefficient (Wildman–Crippen LogP) is 1.79. The highest BCUT2D eigenvalue weighted by Gasteiger charge is 2.21. The van der Waals surface area contributed by atoms with Gasteiger partial charge in [0.25, 0.3) is 10.0 Å². The summed E-state index contributed by atoms with van der Waals surface area (Å²) < 4.78 is 31.2. The molecule has 1 aromatic carbocycles. The third kappa shape index (κ3) is 5.07. The first-order chi connectivity index (χ1) is 9.88. The molecule has 114 valence electrons. The number of hydrogen-bond acceptors (Lipinski definition) is 5. The Bertz CT molecular complexity index is 651. The van der Waals surface area contributed by atoms with Gasteiger partial charge in [0.05, 0.1) is 17.1 Å². The zero-order valence-electron chi connectivity index (χ0n) is 11.8. The molecule has 0 heterocycles. The fraction of sp³-hybridized carbons (Fsp3) is 0.417. The van der Waals surface area contributed by atoms with E-state index in [1.807, 2.05) is 19.0 Å². The zero-order valence-corrected chi connectivity index (χ0v) is 12.6. The van der Waals surface area contributed by atoms with Gasteiger partial charge in [-0.05, 0) is 38.2 Å². The molecule has 0 N–H and O–H groups in total. The lowest BCUT2D eigenvalue weighted by atomic mass is 10.2. The van der Waals surface area contributed by atoms with Crippen molar-refractivity contribution in [3.8, 4) is 0 Å². The Hall–Kier alpha value is -2.09. The van der Waals surface area contributed by atoms with Gasteiger partial charge in [-0.15, -0.1) is 0 Å². The summed E-state index contributed by atoms with van der Waals surface area (Å²) in [6, 6.07) is 5.45. The third-order valence-corrected chi connectivity index (χ3v) is 3.71. The van der Waals surface area contributed by atoms with Crippen molar-refractivity contribution in [1.82, 2.24) is 4.90 Å². The molecule has 0 aliphatic carbocycles. The molecule has 0 radical (unpaired) electrons. The molecule has 0 saturated carbocycles. The molecule has 1 rings (SSSR count). The van der Waals surface area contributed by atoms with Crippen molar-refractivity contribution < 1.29 is 17.9 Å². The number of benzene rings is 1. The Morgan fingerprint density at radius 3 is 2.67 bits per heavy atom. The first kappa shape index (κ1) is 17.0. The van der Waals surface area contributed by atoms with Crippen LogP contribution in [0.1, 0.15) is 16.8 Å². The molecule has 0 amide bonds. The summed E-state index contributed by atoms with van der Waals surface area (Å²) in [4.78, 5) is 15.8. The second-order valence-electron chi connectivity index (χ2n) is 4.44. The highest BCUT2D eigenvalue weighted by atomic mass is 32.2. The van der Waals surface area contributed by atoms with Crippen LogP contribution in [0.25, 0.3) is 10.4 Å². The van der Waals surface area contributed by atoms with E-state index in [0.29, 0.717) is 6.42 Å². The van der Waals surface area contributed by atoms with Gasteiger partial charge in [0.1, 0.15) is 0 Å². The maximum absolute atomic E-state index is 11.9. The summed E-state index contributed by atoms with van der Waals surface area (Å²) in [5, 5.41) is 0. The molecule has 9 heteroatoms. The summed E-state index contributed by atoms with van der Waals surface area (Å²) in [6.45, 7) is 0.916. The van der Waals surface area contributed by atoms with Crippen LogP contribution in [-0.2, 0) is 14.8 Å². The van der Waals surface area contributed by atoms with Gasteiger partial charge in [0, 0.05) is 16.0 Å². The van der Waals surface area contributed by atoms with E-state index in [-0.39, 0.29) is 17.1 Å². The number of sulfonamides is 1. The number of esters is 1. The van der Waals surface area contributed by atoms with Gasteiger partial charge in [-0.2, -0.15) is 0 Å². The summed E-state index contributed by atoms with van der Waals surface area (Å²) in [5.41, 5.74) is 8.13. The Labute approximate surface area is 123 Å². The number of carbonyl (C=O) groups excluding carboxylic acids is 1. The highest BCUT2D eigenvalue weighted by Crippen LogP contribution is 2.19. The van der Waals surface area contributed by atoms with Gasteiger partial charge in [0.15, 0.2) is 0 Å². The molecule has 0 atom stereocenters. The summed E-state index contributed by atoms with van der Waals surface area (Å²) in [7, 11) is -0.446. The monoisotopic (exact) mass is 312 g/mol. The standard InChI is InChI=1S/C12H16N4O4S/c1-16(2)8-5-9-20-12(17)10-6-3-4-7-11(10)21(18,19)15-14-13/h3-4,6-7H,5,8-9H2,1-2H3.